The van der Waals surface area contributed by atoms with Gasteiger partial charge in [0.25, 0.3) is 0 Å². The van der Waals surface area contributed by atoms with Crippen molar-refractivity contribution in [2.24, 2.45) is 0 Å². The number of halogens is 2. The van der Waals surface area contributed by atoms with Gasteiger partial charge in [0.1, 0.15) is 5.82 Å². The molecule has 2 rings (SSSR count). The summed E-state index contributed by atoms with van der Waals surface area (Å²) in [5.74, 6) is -0.348. The predicted molar refractivity (Wildman–Crippen MR) is 71.4 cm³/mol. The van der Waals surface area contributed by atoms with Crippen LogP contribution in [0.4, 0.5) is 10.1 Å². The summed E-state index contributed by atoms with van der Waals surface area (Å²) in [6, 6.07) is 5.87. The quantitative estimate of drug-likeness (QED) is 0.916. The van der Waals surface area contributed by atoms with Crippen LogP contribution in [0.15, 0.2) is 41.1 Å². The van der Waals surface area contributed by atoms with Crippen LogP contribution < -0.4 is 5.73 Å². The zero-order valence-corrected chi connectivity index (χ0v) is 11.1. The predicted octanol–water partition coefficient (Wildman–Crippen LogP) is 2.84. The van der Waals surface area contributed by atoms with E-state index < -0.39 is 6.10 Å². The van der Waals surface area contributed by atoms with Gasteiger partial charge in [0.15, 0.2) is 0 Å². The molecule has 1 aromatic carbocycles. The molecule has 0 bridgehead atoms. The van der Waals surface area contributed by atoms with Crippen molar-refractivity contribution in [3.05, 3.63) is 58.1 Å². The number of aliphatic hydroxyl groups excluding tert-OH is 1. The summed E-state index contributed by atoms with van der Waals surface area (Å²) in [4.78, 5) is 3.97. The third kappa shape index (κ3) is 2.86. The molecule has 0 aliphatic heterocycles. The van der Waals surface area contributed by atoms with Gasteiger partial charge in [-0.3, -0.25) is 4.98 Å². The maximum absolute atomic E-state index is 13.0. The highest BCUT2D eigenvalue weighted by molar-refractivity contribution is 9.10. The second-order valence-corrected chi connectivity index (χ2v) is 4.81. The van der Waals surface area contributed by atoms with E-state index in [0.717, 1.165) is 5.56 Å². The molecular weight excluding hydrogens is 299 g/mol. The van der Waals surface area contributed by atoms with E-state index in [1.54, 1.807) is 24.5 Å². The summed E-state index contributed by atoms with van der Waals surface area (Å²) >= 11 is 3.23. The highest BCUT2D eigenvalue weighted by Crippen LogP contribution is 2.27. The minimum atomic E-state index is -0.758. The van der Waals surface area contributed by atoms with Gasteiger partial charge in [0, 0.05) is 29.0 Å². The standard InChI is InChI=1S/C13H12BrFN2O/c14-11-6-9(15)1-2-10(11)13(18)5-8-7-17-4-3-12(8)16/h1-4,6-7,13,18H,5H2,(H2,16,17). The van der Waals surface area contributed by atoms with Crippen LogP contribution in [0.1, 0.15) is 17.2 Å². The van der Waals surface area contributed by atoms with Gasteiger partial charge in [-0.05, 0) is 29.3 Å². The molecule has 1 atom stereocenters. The number of nitrogens with two attached hydrogens (primary N) is 1. The molecule has 0 saturated heterocycles. The SMILES string of the molecule is Nc1ccncc1CC(O)c1ccc(F)cc1Br. The van der Waals surface area contributed by atoms with Gasteiger partial charge in [-0.2, -0.15) is 0 Å². The molecule has 0 aliphatic rings. The zero-order valence-electron chi connectivity index (χ0n) is 9.48. The zero-order chi connectivity index (χ0) is 13.1. The number of aliphatic hydroxyl groups is 1. The Kier molecular flexibility index (Phi) is 3.93. The minimum absolute atomic E-state index is 0.337. The number of hydrogen-bond donors (Lipinski definition) is 2. The van der Waals surface area contributed by atoms with Crippen LogP contribution in [0.25, 0.3) is 0 Å². The summed E-state index contributed by atoms with van der Waals surface area (Å²) in [7, 11) is 0. The number of pyridine rings is 1. The van der Waals surface area contributed by atoms with E-state index in [1.807, 2.05) is 0 Å². The molecule has 0 spiro atoms. The number of aromatic nitrogens is 1. The fourth-order valence-electron chi connectivity index (χ4n) is 1.70. The molecule has 0 fully saturated rings. The van der Waals surface area contributed by atoms with E-state index >= 15 is 0 Å². The first kappa shape index (κ1) is 13.0. The highest BCUT2D eigenvalue weighted by atomic mass is 79.9. The van der Waals surface area contributed by atoms with Crippen LogP contribution in [0.3, 0.4) is 0 Å². The van der Waals surface area contributed by atoms with Gasteiger partial charge in [-0.15, -0.1) is 0 Å². The van der Waals surface area contributed by atoms with Crippen molar-refractivity contribution in [2.75, 3.05) is 5.73 Å². The Hall–Kier alpha value is -1.46. The average Bonchev–Trinajstić information content (AvgIpc) is 2.32. The lowest BCUT2D eigenvalue weighted by molar-refractivity contribution is 0.177. The Labute approximate surface area is 113 Å². The summed E-state index contributed by atoms with van der Waals surface area (Å²) in [5, 5.41) is 10.1. The summed E-state index contributed by atoms with van der Waals surface area (Å²) in [6.07, 6.45) is 2.80. The Balaban J connectivity index is 2.22. The minimum Gasteiger partial charge on any atom is -0.398 e. The Morgan fingerprint density at radius 1 is 1.39 bits per heavy atom. The maximum atomic E-state index is 13.0. The first-order valence-electron chi connectivity index (χ1n) is 5.39. The van der Waals surface area contributed by atoms with Crippen molar-refractivity contribution < 1.29 is 9.50 Å². The van der Waals surface area contributed by atoms with Crippen LogP contribution in [-0.2, 0) is 6.42 Å². The van der Waals surface area contributed by atoms with Crippen molar-refractivity contribution in [2.45, 2.75) is 12.5 Å². The smallest absolute Gasteiger partial charge is 0.124 e. The average molecular weight is 311 g/mol. The molecular formula is C13H12BrFN2O. The molecule has 0 radical (unpaired) electrons. The number of benzene rings is 1. The van der Waals surface area contributed by atoms with Crippen molar-refractivity contribution >= 4 is 21.6 Å². The van der Waals surface area contributed by atoms with Gasteiger partial charge in [0.05, 0.1) is 6.10 Å². The van der Waals surface area contributed by atoms with Crippen LogP contribution in [0.2, 0.25) is 0 Å². The van der Waals surface area contributed by atoms with E-state index in [4.69, 9.17) is 5.73 Å². The van der Waals surface area contributed by atoms with Crippen molar-refractivity contribution in [1.29, 1.82) is 0 Å². The van der Waals surface area contributed by atoms with E-state index in [-0.39, 0.29) is 5.82 Å². The Morgan fingerprint density at radius 2 is 2.17 bits per heavy atom. The molecule has 3 N–H and O–H groups in total. The molecule has 1 unspecified atom stereocenters. The summed E-state index contributed by atoms with van der Waals surface area (Å²) in [5.41, 5.74) is 7.76. The number of hydrogen-bond acceptors (Lipinski definition) is 3. The number of rotatable bonds is 3. The largest absolute Gasteiger partial charge is 0.398 e. The molecule has 18 heavy (non-hydrogen) atoms. The molecule has 1 heterocycles. The fourth-order valence-corrected chi connectivity index (χ4v) is 2.31. The topological polar surface area (TPSA) is 59.1 Å². The van der Waals surface area contributed by atoms with E-state index in [0.29, 0.717) is 22.1 Å². The summed E-state index contributed by atoms with van der Waals surface area (Å²) in [6.45, 7) is 0. The van der Waals surface area contributed by atoms with Gasteiger partial charge in [-0.1, -0.05) is 22.0 Å². The van der Waals surface area contributed by atoms with Crippen molar-refractivity contribution in [3.8, 4) is 0 Å². The highest BCUT2D eigenvalue weighted by Gasteiger charge is 2.14. The third-order valence-electron chi connectivity index (χ3n) is 2.68. The monoisotopic (exact) mass is 310 g/mol. The van der Waals surface area contributed by atoms with E-state index in [1.165, 1.54) is 12.1 Å². The van der Waals surface area contributed by atoms with Crippen LogP contribution in [0, 0.1) is 5.82 Å². The van der Waals surface area contributed by atoms with Gasteiger partial charge in [-0.25, -0.2) is 4.39 Å². The van der Waals surface area contributed by atoms with Crippen LogP contribution in [-0.4, -0.2) is 10.1 Å². The normalized spacial score (nSPS) is 12.4. The maximum Gasteiger partial charge on any atom is 0.124 e. The fraction of sp³-hybridized carbons (Fsp3) is 0.154. The second-order valence-electron chi connectivity index (χ2n) is 3.96. The molecule has 0 saturated carbocycles. The Morgan fingerprint density at radius 3 is 2.83 bits per heavy atom. The number of nitrogens with zero attached hydrogens (tertiary/aromatic N) is 1. The lowest BCUT2D eigenvalue weighted by atomic mass is 10.0. The number of anilines is 1. The van der Waals surface area contributed by atoms with Gasteiger partial charge >= 0.3 is 0 Å². The van der Waals surface area contributed by atoms with Crippen LogP contribution >= 0.6 is 15.9 Å². The lowest BCUT2D eigenvalue weighted by Gasteiger charge is -2.14. The molecule has 0 amide bonds. The molecule has 0 aliphatic carbocycles. The van der Waals surface area contributed by atoms with Crippen molar-refractivity contribution in [1.82, 2.24) is 4.98 Å². The molecule has 2 aromatic rings. The van der Waals surface area contributed by atoms with Gasteiger partial charge in [0.2, 0.25) is 0 Å². The molecule has 1 aromatic heterocycles. The van der Waals surface area contributed by atoms with Gasteiger partial charge < -0.3 is 10.8 Å². The van der Waals surface area contributed by atoms with E-state index in [9.17, 15) is 9.50 Å². The molecule has 94 valence electrons. The van der Waals surface area contributed by atoms with Crippen molar-refractivity contribution in [3.63, 3.8) is 0 Å². The molecule has 5 heteroatoms. The number of nitrogen functional groups attached to an aromatic ring is 1. The van der Waals surface area contributed by atoms with E-state index in [2.05, 4.69) is 20.9 Å². The third-order valence-corrected chi connectivity index (χ3v) is 3.36. The first-order chi connectivity index (χ1) is 8.58. The lowest BCUT2D eigenvalue weighted by Crippen LogP contribution is -2.05. The Bertz CT molecular complexity index is 562. The second kappa shape index (κ2) is 5.46. The summed E-state index contributed by atoms with van der Waals surface area (Å²) < 4.78 is 13.5. The van der Waals surface area contributed by atoms with Crippen LogP contribution in [0.5, 0.6) is 0 Å². The molecule has 3 nitrogen and oxygen atoms in total. The first-order valence-corrected chi connectivity index (χ1v) is 6.18.